The summed E-state index contributed by atoms with van der Waals surface area (Å²) in [5.41, 5.74) is 4.62. The monoisotopic (exact) mass is 364 g/mol. The fourth-order valence-corrected chi connectivity index (χ4v) is 1.88. The van der Waals surface area contributed by atoms with E-state index in [-0.39, 0.29) is 5.69 Å². The Morgan fingerprint density at radius 2 is 2.09 bits per heavy atom. The number of carbonyl (C=O) groups is 2. The van der Waals surface area contributed by atoms with Gasteiger partial charge in [-0.25, -0.2) is 4.98 Å². The van der Waals surface area contributed by atoms with Gasteiger partial charge in [-0.3, -0.25) is 25.4 Å². The summed E-state index contributed by atoms with van der Waals surface area (Å²) < 4.78 is 6.31. The second-order valence-corrected chi connectivity index (χ2v) is 5.17. The molecule has 2 aromatic rings. The molecule has 0 fully saturated rings. The molecule has 1 heterocycles. The Labute approximate surface area is 135 Å². The van der Waals surface area contributed by atoms with E-state index in [1.807, 2.05) is 6.07 Å². The molecular formula is C14H13BrN4O3. The maximum Gasteiger partial charge on any atom is 0.289 e. The first kappa shape index (κ1) is 15.9. The summed E-state index contributed by atoms with van der Waals surface area (Å²) in [6.45, 7) is 1.57. The lowest BCUT2D eigenvalue weighted by Gasteiger charge is -2.15. The van der Waals surface area contributed by atoms with Crippen LogP contribution in [0.15, 0.2) is 47.3 Å². The van der Waals surface area contributed by atoms with E-state index in [1.54, 1.807) is 25.1 Å². The highest BCUT2D eigenvalue weighted by atomic mass is 79.9. The lowest BCUT2D eigenvalue weighted by Crippen LogP contribution is -2.47. The minimum absolute atomic E-state index is 0.100. The van der Waals surface area contributed by atoms with Crippen molar-refractivity contribution in [2.75, 3.05) is 0 Å². The first-order valence-electron chi connectivity index (χ1n) is 6.34. The number of nitrogens with zero attached hydrogens (tertiary/aromatic N) is 2. The fraction of sp³-hybridized carbons (Fsp3) is 0.143. The highest BCUT2D eigenvalue weighted by molar-refractivity contribution is 9.10. The third kappa shape index (κ3) is 4.52. The van der Waals surface area contributed by atoms with Gasteiger partial charge in [0.1, 0.15) is 11.4 Å². The number of halogens is 1. The van der Waals surface area contributed by atoms with Gasteiger partial charge >= 0.3 is 0 Å². The molecule has 0 spiro atoms. The third-order valence-corrected chi connectivity index (χ3v) is 3.07. The van der Waals surface area contributed by atoms with E-state index < -0.39 is 17.9 Å². The molecular weight excluding hydrogens is 352 g/mol. The highest BCUT2D eigenvalue weighted by Crippen LogP contribution is 2.18. The van der Waals surface area contributed by atoms with Gasteiger partial charge in [-0.05, 0) is 25.1 Å². The van der Waals surface area contributed by atoms with Crippen molar-refractivity contribution in [1.82, 2.24) is 20.8 Å². The molecule has 2 N–H and O–H groups in total. The number of hydrazine groups is 1. The Morgan fingerprint density at radius 3 is 2.77 bits per heavy atom. The average molecular weight is 365 g/mol. The smallest absolute Gasteiger partial charge is 0.289 e. The van der Waals surface area contributed by atoms with Crippen molar-refractivity contribution in [3.8, 4) is 5.75 Å². The largest absolute Gasteiger partial charge is 0.481 e. The van der Waals surface area contributed by atoms with Gasteiger partial charge in [0.2, 0.25) is 0 Å². The quantitative estimate of drug-likeness (QED) is 0.801. The molecule has 0 saturated carbocycles. The van der Waals surface area contributed by atoms with Crippen molar-refractivity contribution in [2.45, 2.75) is 13.0 Å². The Hall–Kier alpha value is -2.48. The van der Waals surface area contributed by atoms with Crippen LogP contribution < -0.4 is 15.6 Å². The lowest BCUT2D eigenvalue weighted by molar-refractivity contribution is -0.128. The summed E-state index contributed by atoms with van der Waals surface area (Å²) in [6.07, 6.45) is 3.35. The zero-order valence-electron chi connectivity index (χ0n) is 11.6. The fourth-order valence-electron chi connectivity index (χ4n) is 1.50. The Balaban J connectivity index is 1.85. The number of amides is 2. The van der Waals surface area contributed by atoms with Crippen molar-refractivity contribution in [2.24, 2.45) is 0 Å². The molecule has 1 atom stereocenters. The zero-order chi connectivity index (χ0) is 15.9. The molecule has 7 nitrogen and oxygen atoms in total. The Kier molecular flexibility index (Phi) is 5.42. The first-order valence-corrected chi connectivity index (χ1v) is 7.14. The molecule has 8 heteroatoms. The third-order valence-electron chi connectivity index (χ3n) is 2.57. The molecule has 1 aromatic carbocycles. The van der Waals surface area contributed by atoms with Crippen molar-refractivity contribution >= 4 is 27.7 Å². The zero-order valence-corrected chi connectivity index (χ0v) is 13.2. The number of aromatic nitrogens is 2. The molecule has 0 bridgehead atoms. The van der Waals surface area contributed by atoms with E-state index >= 15 is 0 Å². The van der Waals surface area contributed by atoms with E-state index in [0.29, 0.717) is 5.75 Å². The maximum atomic E-state index is 11.9. The summed E-state index contributed by atoms with van der Waals surface area (Å²) in [4.78, 5) is 31.2. The molecule has 1 aromatic heterocycles. The van der Waals surface area contributed by atoms with Crippen molar-refractivity contribution in [1.29, 1.82) is 0 Å². The summed E-state index contributed by atoms with van der Waals surface area (Å²) in [5.74, 6) is -0.509. The van der Waals surface area contributed by atoms with Crippen LogP contribution in [0.4, 0.5) is 0 Å². The minimum Gasteiger partial charge on any atom is -0.481 e. The van der Waals surface area contributed by atoms with E-state index in [0.717, 1.165) is 4.47 Å². The van der Waals surface area contributed by atoms with Crippen LogP contribution in [0, 0.1) is 0 Å². The van der Waals surface area contributed by atoms with Crippen molar-refractivity contribution in [3.05, 3.63) is 53.0 Å². The van der Waals surface area contributed by atoms with E-state index in [1.165, 1.54) is 18.6 Å². The van der Waals surface area contributed by atoms with E-state index in [9.17, 15) is 9.59 Å². The molecule has 0 radical (unpaired) electrons. The number of benzene rings is 1. The average Bonchev–Trinajstić information content (AvgIpc) is 2.53. The van der Waals surface area contributed by atoms with E-state index in [4.69, 9.17) is 4.74 Å². The maximum absolute atomic E-state index is 11.9. The molecule has 2 rings (SSSR count). The lowest BCUT2D eigenvalue weighted by atomic mass is 10.3. The highest BCUT2D eigenvalue weighted by Gasteiger charge is 2.16. The topological polar surface area (TPSA) is 93.2 Å². The molecule has 22 heavy (non-hydrogen) atoms. The molecule has 0 saturated heterocycles. The molecule has 0 aliphatic carbocycles. The van der Waals surface area contributed by atoms with Crippen LogP contribution in [0.2, 0.25) is 0 Å². The molecule has 114 valence electrons. The summed E-state index contributed by atoms with van der Waals surface area (Å²) >= 11 is 3.31. The van der Waals surface area contributed by atoms with Crippen LogP contribution in [-0.4, -0.2) is 27.9 Å². The number of rotatable bonds is 4. The minimum atomic E-state index is -0.781. The summed E-state index contributed by atoms with van der Waals surface area (Å²) in [6, 6.07) is 7.10. The van der Waals surface area contributed by atoms with Gasteiger partial charge in [-0.2, -0.15) is 0 Å². The summed E-state index contributed by atoms with van der Waals surface area (Å²) in [5, 5.41) is 0. The van der Waals surface area contributed by atoms with Gasteiger partial charge in [0.15, 0.2) is 6.10 Å². The molecule has 0 aliphatic rings. The standard InChI is InChI=1S/C14H13BrN4O3/c1-9(22-11-4-2-3-10(15)7-11)13(20)18-19-14(21)12-8-16-5-6-17-12/h2-9H,1H3,(H,18,20)(H,19,21). The van der Waals surface area contributed by atoms with Gasteiger partial charge in [-0.1, -0.05) is 22.0 Å². The molecule has 2 amide bonds. The van der Waals surface area contributed by atoms with Crippen LogP contribution in [0.5, 0.6) is 5.75 Å². The van der Waals surface area contributed by atoms with Crippen LogP contribution in [0.25, 0.3) is 0 Å². The van der Waals surface area contributed by atoms with Crippen LogP contribution in [-0.2, 0) is 4.79 Å². The summed E-state index contributed by atoms with van der Waals surface area (Å²) in [7, 11) is 0. The molecule has 1 unspecified atom stereocenters. The van der Waals surface area contributed by atoms with Gasteiger partial charge in [0.05, 0.1) is 6.20 Å². The number of hydrogen-bond acceptors (Lipinski definition) is 5. The number of hydrogen-bond donors (Lipinski definition) is 2. The van der Waals surface area contributed by atoms with Crippen molar-refractivity contribution < 1.29 is 14.3 Å². The Morgan fingerprint density at radius 1 is 1.27 bits per heavy atom. The Bertz CT molecular complexity index is 666. The number of nitrogens with one attached hydrogen (secondary N) is 2. The van der Waals surface area contributed by atoms with Gasteiger partial charge < -0.3 is 4.74 Å². The number of ether oxygens (including phenoxy) is 1. The predicted molar refractivity (Wildman–Crippen MR) is 81.9 cm³/mol. The first-order chi connectivity index (χ1) is 10.6. The second-order valence-electron chi connectivity index (χ2n) is 4.25. The SMILES string of the molecule is CC(Oc1cccc(Br)c1)C(=O)NNC(=O)c1cnccn1. The van der Waals surface area contributed by atoms with E-state index in [2.05, 4.69) is 36.7 Å². The van der Waals surface area contributed by atoms with Crippen LogP contribution in [0.3, 0.4) is 0 Å². The van der Waals surface area contributed by atoms with Gasteiger partial charge in [0.25, 0.3) is 11.8 Å². The second kappa shape index (κ2) is 7.51. The molecule has 0 aliphatic heterocycles. The normalized spacial score (nSPS) is 11.4. The van der Waals surface area contributed by atoms with Crippen molar-refractivity contribution in [3.63, 3.8) is 0 Å². The van der Waals surface area contributed by atoms with Gasteiger partial charge in [-0.15, -0.1) is 0 Å². The predicted octanol–water partition coefficient (Wildman–Crippen LogP) is 1.47. The van der Waals surface area contributed by atoms with Crippen LogP contribution in [0.1, 0.15) is 17.4 Å². The van der Waals surface area contributed by atoms with Gasteiger partial charge in [0, 0.05) is 16.9 Å². The number of carbonyl (C=O) groups excluding carboxylic acids is 2. The van der Waals surface area contributed by atoms with Crippen LogP contribution >= 0.6 is 15.9 Å².